The van der Waals surface area contributed by atoms with Gasteiger partial charge in [0.2, 0.25) is 0 Å². The molecule has 0 radical (unpaired) electrons. The summed E-state index contributed by atoms with van der Waals surface area (Å²) < 4.78 is 54.1. The summed E-state index contributed by atoms with van der Waals surface area (Å²) in [7, 11) is -4.21. The zero-order valence-electron chi connectivity index (χ0n) is 11.4. The number of aromatic nitrogens is 2. The number of sulfonamides is 1. The first-order chi connectivity index (χ1) is 9.77. The van der Waals surface area contributed by atoms with Crippen LogP contribution < -0.4 is 10.5 Å². The molecule has 114 valence electrons. The molecule has 4 N–H and O–H groups in total. The molecule has 0 saturated heterocycles. The van der Waals surface area contributed by atoms with Gasteiger partial charge in [-0.2, -0.15) is 5.10 Å². The molecule has 0 amide bonds. The van der Waals surface area contributed by atoms with Crippen molar-refractivity contribution in [3.63, 3.8) is 0 Å². The summed E-state index contributed by atoms with van der Waals surface area (Å²) in [4.78, 5) is -0.203. The molecular weight excluding hydrogens is 302 g/mol. The average molecular weight is 316 g/mol. The molecule has 2 aromatic rings. The number of nitrogens with one attached hydrogen (secondary N) is 2. The molecule has 0 saturated carbocycles. The van der Waals surface area contributed by atoms with E-state index in [1.165, 1.54) is 19.9 Å². The van der Waals surface area contributed by atoms with Crippen molar-refractivity contribution < 1.29 is 17.2 Å². The van der Waals surface area contributed by atoms with Gasteiger partial charge in [-0.3, -0.25) is 9.82 Å². The maximum Gasteiger partial charge on any atom is 0.265 e. The lowest BCUT2D eigenvalue weighted by atomic mass is 10.2. The fraction of sp³-hybridized carbons (Fsp3) is 0.250. The predicted molar refractivity (Wildman–Crippen MR) is 73.1 cm³/mol. The summed E-state index contributed by atoms with van der Waals surface area (Å²) in [6.45, 7) is 2.75. The van der Waals surface area contributed by atoms with E-state index in [1.54, 1.807) is 0 Å². The maximum absolute atomic E-state index is 13.9. The van der Waals surface area contributed by atoms with E-state index in [2.05, 4.69) is 10.2 Å². The Morgan fingerprint density at radius 2 is 2.00 bits per heavy atom. The van der Waals surface area contributed by atoms with Crippen LogP contribution in [0.25, 0.3) is 0 Å². The van der Waals surface area contributed by atoms with Gasteiger partial charge in [-0.05, 0) is 25.5 Å². The number of hydrogen-bond donors (Lipinski definition) is 3. The molecule has 0 aliphatic heterocycles. The normalized spacial score (nSPS) is 11.7. The first kappa shape index (κ1) is 15.4. The summed E-state index contributed by atoms with van der Waals surface area (Å²) in [6, 6.07) is 2.21. The number of nitrogens with two attached hydrogens (primary N) is 1. The van der Waals surface area contributed by atoms with E-state index >= 15 is 0 Å². The van der Waals surface area contributed by atoms with E-state index in [0.29, 0.717) is 0 Å². The van der Waals surface area contributed by atoms with Crippen molar-refractivity contribution in [3.8, 4) is 0 Å². The number of rotatable bonds is 4. The van der Waals surface area contributed by atoms with Crippen molar-refractivity contribution in [3.05, 3.63) is 40.7 Å². The highest BCUT2D eigenvalue weighted by molar-refractivity contribution is 7.92. The van der Waals surface area contributed by atoms with E-state index in [4.69, 9.17) is 5.73 Å². The number of hydrogen-bond acceptors (Lipinski definition) is 4. The van der Waals surface area contributed by atoms with Crippen molar-refractivity contribution in [2.45, 2.75) is 25.3 Å². The minimum atomic E-state index is -4.21. The molecule has 9 heteroatoms. The summed E-state index contributed by atoms with van der Waals surface area (Å²) in [5.74, 6) is -1.97. The highest BCUT2D eigenvalue weighted by atomic mass is 32.2. The third-order valence-corrected chi connectivity index (χ3v) is 4.50. The monoisotopic (exact) mass is 316 g/mol. The van der Waals surface area contributed by atoms with Gasteiger partial charge in [-0.1, -0.05) is 6.07 Å². The van der Waals surface area contributed by atoms with E-state index in [9.17, 15) is 17.2 Å². The first-order valence-corrected chi connectivity index (χ1v) is 7.47. The number of nitrogens with zero attached hydrogens (tertiary/aromatic N) is 1. The molecule has 0 atom stereocenters. The standard InChI is InChI=1S/C12H14F2N4O2S/c1-6-3-4-8(13)11(10(6)14)18-21(19,20)12-7(2)16-17-9(12)5-15/h3-4,18H,5,15H2,1-2H3,(H,16,17). The third kappa shape index (κ3) is 2.74. The molecule has 0 aliphatic rings. The second-order valence-electron chi connectivity index (χ2n) is 4.49. The van der Waals surface area contributed by atoms with Crippen LogP contribution >= 0.6 is 0 Å². The van der Waals surface area contributed by atoms with E-state index in [0.717, 1.165) is 6.07 Å². The van der Waals surface area contributed by atoms with E-state index in [-0.39, 0.29) is 28.4 Å². The Hall–Kier alpha value is -2.00. The van der Waals surface area contributed by atoms with Gasteiger partial charge in [0, 0.05) is 6.54 Å². The van der Waals surface area contributed by atoms with Crippen LogP contribution in [0, 0.1) is 25.5 Å². The third-order valence-electron chi connectivity index (χ3n) is 2.94. The van der Waals surface area contributed by atoms with E-state index in [1.807, 2.05) is 4.72 Å². The Balaban J connectivity index is 2.53. The molecule has 6 nitrogen and oxygen atoms in total. The van der Waals surface area contributed by atoms with Gasteiger partial charge in [0.25, 0.3) is 10.0 Å². The Labute approximate surface area is 120 Å². The lowest BCUT2D eigenvalue weighted by Gasteiger charge is -2.11. The zero-order chi connectivity index (χ0) is 15.8. The van der Waals surface area contributed by atoms with Crippen molar-refractivity contribution in [2.24, 2.45) is 5.73 Å². The summed E-state index contributed by atoms with van der Waals surface area (Å²) in [6.07, 6.45) is 0. The topological polar surface area (TPSA) is 101 Å². The molecule has 0 bridgehead atoms. The molecule has 2 rings (SSSR count). The Morgan fingerprint density at radius 1 is 1.33 bits per heavy atom. The predicted octanol–water partition coefficient (Wildman–Crippen LogP) is 1.56. The highest BCUT2D eigenvalue weighted by Gasteiger charge is 2.26. The summed E-state index contributed by atoms with van der Waals surface area (Å²) in [5, 5.41) is 6.23. The minimum Gasteiger partial charge on any atom is -0.325 e. The lowest BCUT2D eigenvalue weighted by molar-refractivity contribution is 0.578. The van der Waals surface area contributed by atoms with Gasteiger partial charge in [-0.25, -0.2) is 17.2 Å². The molecule has 0 unspecified atom stereocenters. The molecule has 0 spiro atoms. The van der Waals surface area contributed by atoms with Gasteiger partial charge >= 0.3 is 0 Å². The van der Waals surface area contributed by atoms with Crippen LogP contribution in [-0.2, 0) is 16.6 Å². The van der Waals surface area contributed by atoms with Gasteiger partial charge < -0.3 is 5.73 Å². The fourth-order valence-electron chi connectivity index (χ4n) is 1.90. The van der Waals surface area contributed by atoms with Crippen molar-refractivity contribution >= 4 is 15.7 Å². The number of H-pyrrole nitrogens is 1. The van der Waals surface area contributed by atoms with E-state index < -0.39 is 27.3 Å². The van der Waals surface area contributed by atoms with Crippen LogP contribution in [0.3, 0.4) is 0 Å². The fourth-order valence-corrected chi connectivity index (χ4v) is 3.35. The first-order valence-electron chi connectivity index (χ1n) is 5.99. The number of aryl methyl sites for hydroxylation is 2. The largest absolute Gasteiger partial charge is 0.325 e. The Bertz CT molecular complexity index is 787. The number of aromatic amines is 1. The van der Waals surface area contributed by atoms with Crippen LogP contribution in [0.1, 0.15) is 17.0 Å². The smallest absolute Gasteiger partial charge is 0.265 e. The number of benzene rings is 1. The zero-order valence-corrected chi connectivity index (χ0v) is 12.2. The highest BCUT2D eigenvalue weighted by Crippen LogP contribution is 2.26. The van der Waals surface area contributed by atoms with Crippen molar-refractivity contribution in [1.82, 2.24) is 10.2 Å². The van der Waals surface area contributed by atoms with Crippen molar-refractivity contribution in [2.75, 3.05) is 4.72 Å². The van der Waals surface area contributed by atoms with Crippen LogP contribution in [0.4, 0.5) is 14.5 Å². The quantitative estimate of drug-likeness (QED) is 0.797. The van der Waals surface area contributed by atoms with Gasteiger partial charge in [0.05, 0.1) is 11.4 Å². The average Bonchev–Trinajstić information content (AvgIpc) is 2.81. The molecule has 1 aromatic carbocycles. The Morgan fingerprint density at radius 3 is 2.62 bits per heavy atom. The van der Waals surface area contributed by atoms with Crippen LogP contribution in [0.5, 0.6) is 0 Å². The molecular formula is C12H14F2N4O2S. The van der Waals surface area contributed by atoms with Crippen molar-refractivity contribution in [1.29, 1.82) is 0 Å². The maximum atomic E-state index is 13.9. The molecule has 0 aliphatic carbocycles. The minimum absolute atomic E-state index is 0.0912. The van der Waals surface area contributed by atoms with Gasteiger partial charge in [0.15, 0.2) is 5.82 Å². The molecule has 0 fully saturated rings. The van der Waals surface area contributed by atoms with Crippen LogP contribution in [0.2, 0.25) is 0 Å². The number of anilines is 1. The SMILES string of the molecule is Cc1ccc(F)c(NS(=O)(=O)c2c(CN)n[nH]c2C)c1F. The van der Waals surface area contributed by atoms with Crippen LogP contribution in [-0.4, -0.2) is 18.6 Å². The number of halogens is 2. The van der Waals surface area contributed by atoms with Gasteiger partial charge in [0.1, 0.15) is 16.4 Å². The summed E-state index contributed by atoms with van der Waals surface area (Å²) in [5.41, 5.74) is 5.14. The Kier molecular flexibility index (Phi) is 3.97. The molecule has 1 heterocycles. The van der Waals surface area contributed by atoms with Gasteiger partial charge in [-0.15, -0.1) is 0 Å². The lowest BCUT2D eigenvalue weighted by Crippen LogP contribution is -2.18. The molecule has 21 heavy (non-hydrogen) atoms. The second kappa shape index (κ2) is 5.41. The second-order valence-corrected chi connectivity index (χ2v) is 6.11. The summed E-state index contributed by atoms with van der Waals surface area (Å²) >= 11 is 0. The van der Waals surface area contributed by atoms with Crippen LogP contribution in [0.15, 0.2) is 17.0 Å². The molecule has 1 aromatic heterocycles.